The molecule has 0 N–H and O–H groups in total. The first-order valence-corrected chi connectivity index (χ1v) is 5.56. The first-order valence-electron chi connectivity index (χ1n) is 5.56. The number of halogens is 1. The second kappa shape index (κ2) is 4.21. The largest absolute Gasteiger partial charge is 0.493 e. The van der Waals surface area contributed by atoms with Crippen molar-refractivity contribution in [3.63, 3.8) is 0 Å². The van der Waals surface area contributed by atoms with Crippen molar-refractivity contribution in [1.29, 1.82) is 0 Å². The van der Waals surface area contributed by atoms with Gasteiger partial charge < -0.3 is 4.74 Å². The standard InChI is InChI=1S/C13H17FO/c1-9-5-3-6-10(9)11-7-4-8-12(14)13(11)15-2/h4,7-10H,3,5-6H2,1-2H3. The summed E-state index contributed by atoms with van der Waals surface area (Å²) in [6.07, 6.45) is 3.64. The van der Waals surface area contributed by atoms with Gasteiger partial charge in [-0.2, -0.15) is 0 Å². The molecular weight excluding hydrogens is 191 g/mol. The topological polar surface area (TPSA) is 9.23 Å². The van der Waals surface area contributed by atoms with Crippen LogP contribution in [0.3, 0.4) is 0 Å². The molecule has 0 radical (unpaired) electrons. The second-order valence-electron chi connectivity index (χ2n) is 4.38. The summed E-state index contributed by atoms with van der Waals surface area (Å²) in [5.41, 5.74) is 1.04. The van der Waals surface area contributed by atoms with Gasteiger partial charge in [0.15, 0.2) is 11.6 Å². The summed E-state index contributed by atoms with van der Waals surface area (Å²) in [7, 11) is 1.54. The van der Waals surface area contributed by atoms with Gasteiger partial charge in [0.2, 0.25) is 0 Å². The fourth-order valence-electron chi connectivity index (χ4n) is 2.64. The molecule has 1 saturated carbocycles. The average Bonchev–Trinajstić information content (AvgIpc) is 2.64. The first-order chi connectivity index (χ1) is 7.24. The highest BCUT2D eigenvalue weighted by Crippen LogP contribution is 2.43. The maximum atomic E-state index is 13.5. The molecule has 2 unspecified atom stereocenters. The van der Waals surface area contributed by atoms with Crippen molar-refractivity contribution in [2.75, 3.05) is 7.11 Å². The van der Waals surface area contributed by atoms with Crippen LogP contribution in [0.4, 0.5) is 4.39 Å². The lowest BCUT2D eigenvalue weighted by molar-refractivity contribution is 0.372. The van der Waals surface area contributed by atoms with Crippen molar-refractivity contribution < 1.29 is 9.13 Å². The summed E-state index contributed by atoms with van der Waals surface area (Å²) >= 11 is 0. The van der Waals surface area contributed by atoms with E-state index in [2.05, 4.69) is 6.92 Å². The van der Waals surface area contributed by atoms with Crippen LogP contribution in [0, 0.1) is 11.7 Å². The maximum Gasteiger partial charge on any atom is 0.165 e. The predicted octanol–water partition coefficient (Wildman–Crippen LogP) is 3.74. The Morgan fingerprint density at radius 2 is 2.13 bits per heavy atom. The minimum absolute atomic E-state index is 0.242. The highest BCUT2D eigenvalue weighted by molar-refractivity contribution is 5.38. The summed E-state index contributed by atoms with van der Waals surface area (Å²) in [5.74, 6) is 1.31. The zero-order chi connectivity index (χ0) is 10.8. The summed E-state index contributed by atoms with van der Waals surface area (Å²) in [6.45, 7) is 2.24. The molecule has 2 heteroatoms. The Morgan fingerprint density at radius 1 is 1.33 bits per heavy atom. The fourth-order valence-corrected chi connectivity index (χ4v) is 2.64. The number of benzene rings is 1. The lowest BCUT2D eigenvalue weighted by atomic mass is 9.89. The molecule has 2 atom stereocenters. The minimum atomic E-state index is -0.242. The molecule has 1 aromatic carbocycles. The van der Waals surface area contributed by atoms with E-state index >= 15 is 0 Å². The van der Waals surface area contributed by atoms with Gasteiger partial charge in [0.1, 0.15) is 0 Å². The summed E-state index contributed by atoms with van der Waals surface area (Å²) < 4.78 is 18.7. The van der Waals surface area contributed by atoms with Crippen LogP contribution >= 0.6 is 0 Å². The summed E-state index contributed by atoms with van der Waals surface area (Å²) in [5, 5.41) is 0. The maximum absolute atomic E-state index is 13.5. The predicted molar refractivity (Wildman–Crippen MR) is 58.7 cm³/mol. The third-order valence-electron chi connectivity index (χ3n) is 3.46. The second-order valence-corrected chi connectivity index (χ2v) is 4.38. The van der Waals surface area contributed by atoms with Crippen LogP contribution in [0.2, 0.25) is 0 Å². The molecule has 2 rings (SSSR count). The zero-order valence-electron chi connectivity index (χ0n) is 9.29. The molecule has 15 heavy (non-hydrogen) atoms. The van der Waals surface area contributed by atoms with Gasteiger partial charge >= 0.3 is 0 Å². The number of hydrogen-bond donors (Lipinski definition) is 0. The number of methoxy groups -OCH3 is 1. The molecule has 82 valence electrons. The van der Waals surface area contributed by atoms with Gasteiger partial charge in [-0.25, -0.2) is 4.39 Å². The third-order valence-corrected chi connectivity index (χ3v) is 3.46. The van der Waals surface area contributed by atoms with Gasteiger partial charge in [-0.1, -0.05) is 31.9 Å². The lowest BCUT2D eigenvalue weighted by Crippen LogP contribution is -2.05. The van der Waals surface area contributed by atoms with Crippen LogP contribution in [0.1, 0.15) is 37.7 Å². The van der Waals surface area contributed by atoms with E-state index in [0.717, 1.165) is 12.0 Å². The Labute approximate surface area is 90.3 Å². The molecule has 0 heterocycles. The van der Waals surface area contributed by atoms with Crippen LogP contribution < -0.4 is 4.74 Å². The van der Waals surface area contributed by atoms with E-state index in [9.17, 15) is 4.39 Å². The van der Waals surface area contributed by atoms with Crippen molar-refractivity contribution in [2.45, 2.75) is 32.1 Å². The lowest BCUT2D eigenvalue weighted by Gasteiger charge is -2.18. The van der Waals surface area contributed by atoms with E-state index in [1.807, 2.05) is 6.07 Å². The molecule has 0 spiro atoms. The smallest absolute Gasteiger partial charge is 0.165 e. The van der Waals surface area contributed by atoms with E-state index in [4.69, 9.17) is 4.74 Å². The van der Waals surface area contributed by atoms with Gasteiger partial charge in [-0.15, -0.1) is 0 Å². The summed E-state index contributed by atoms with van der Waals surface area (Å²) in [4.78, 5) is 0. The Morgan fingerprint density at radius 3 is 2.73 bits per heavy atom. The average molecular weight is 208 g/mol. The molecule has 1 fully saturated rings. The van der Waals surface area contributed by atoms with E-state index in [0.29, 0.717) is 17.6 Å². The SMILES string of the molecule is COc1c(F)cccc1C1CCCC1C. The Kier molecular flexibility index (Phi) is 2.94. The van der Waals surface area contributed by atoms with Crippen molar-refractivity contribution in [1.82, 2.24) is 0 Å². The van der Waals surface area contributed by atoms with Crippen LogP contribution in [0.25, 0.3) is 0 Å². The summed E-state index contributed by atoms with van der Waals surface area (Å²) in [6, 6.07) is 5.23. The third kappa shape index (κ3) is 1.85. The molecule has 0 aromatic heterocycles. The van der Waals surface area contributed by atoms with Crippen LogP contribution in [-0.2, 0) is 0 Å². The van der Waals surface area contributed by atoms with E-state index < -0.39 is 0 Å². The van der Waals surface area contributed by atoms with Crippen molar-refractivity contribution in [3.05, 3.63) is 29.6 Å². The Bertz CT molecular complexity index is 348. The molecule has 0 saturated heterocycles. The van der Waals surface area contributed by atoms with Crippen LogP contribution in [-0.4, -0.2) is 7.11 Å². The highest BCUT2D eigenvalue weighted by atomic mass is 19.1. The van der Waals surface area contributed by atoms with Crippen molar-refractivity contribution >= 4 is 0 Å². The highest BCUT2D eigenvalue weighted by Gasteiger charge is 2.28. The first kappa shape index (κ1) is 10.5. The molecule has 0 bridgehead atoms. The Hall–Kier alpha value is -1.05. The quantitative estimate of drug-likeness (QED) is 0.719. The van der Waals surface area contributed by atoms with E-state index in [-0.39, 0.29) is 5.82 Å². The normalized spacial score (nSPS) is 25.5. The van der Waals surface area contributed by atoms with E-state index in [1.165, 1.54) is 18.9 Å². The molecule has 1 nitrogen and oxygen atoms in total. The molecule has 1 aliphatic carbocycles. The molecular formula is C13H17FO. The zero-order valence-corrected chi connectivity index (χ0v) is 9.29. The van der Waals surface area contributed by atoms with Crippen molar-refractivity contribution in [3.8, 4) is 5.75 Å². The minimum Gasteiger partial charge on any atom is -0.493 e. The Balaban J connectivity index is 2.38. The fraction of sp³-hybridized carbons (Fsp3) is 0.538. The van der Waals surface area contributed by atoms with E-state index in [1.54, 1.807) is 13.2 Å². The van der Waals surface area contributed by atoms with Crippen LogP contribution in [0.15, 0.2) is 18.2 Å². The molecule has 1 aromatic rings. The molecule has 1 aliphatic rings. The molecule has 0 amide bonds. The number of para-hydroxylation sites is 1. The van der Waals surface area contributed by atoms with Gasteiger partial charge in [0.25, 0.3) is 0 Å². The van der Waals surface area contributed by atoms with Gasteiger partial charge in [-0.3, -0.25) is 0 Å². The number of hydrogen-bond acceptors (Lipinski definition) is 1. The molecule has 0 aliphatic heterocycles. The number of rotatable bonds is 2. The number of ether oxygens (including phenoxy) is 1. The van der Waals surface area contributed by atoms with Gasteiger partial charge in [-0.05, 0) is 24.3 Å². The van der Waals surface area contributed by atoms with Gasteiger partial charge in [0.05, 0.1) is 7.11 Å². The monoisotopic (exact) mass is 208 g/mol. The van der Waals surface area contributed by atoms with Gasteiger partial charge in [0, 0.05) is 5.56 Å². The van der Waals surface area contributed by atoms with Crippen molar-refractivity contribution in [2.24, 2.45) is 5.92 Å². The van der Waals surface area contributed by atoms with Crippen LogP contribution in [0.5, 0.6) is 5.75 Å².